The molecule has 11 nitrogen and oxygen atoms in total. The third-order valence-corrected chi connectivity index (χ3v) is 10.2. The standard InChI is InChI=1S/C29H39FN8O3S/c1-19(30)23-15-27-20(14-24(23)21-16-32-34(3)17-21)6-5-10-37(27)28-25-18-35(29(39)31-2)11-9-26(25)38(33-28)22-7-12-36(13-8-22)42(4,40)41/h14-17,19,22H,5-13,18H2,1-4H3,(H,31,39). The highest BCUT2D eigenvalue weighted by molar-refractivity contribution is 7.88. The number of hydrogen-bond acceptors (Lipinski definition) is 6. The highest BCUT2D eigenvalue weighted by Crippen LogP contribution is 2.43. The average Bonchev–Trinajstić information content (AvgIpc) is 3.58. The van der Waals surface area contributed by atoms with Crippen molar-refractivity contribution in [2.24, 2.45) is 7.05 Å². The minimum absolute atomic E-state index is 0.0655. The van der Waals surface area contributed by atoms with Crippen molar-refractivity contribution in [1.29, 1.82) is 0 Å². The minimum atomic E-state index is -3.24. The number of aromatic nitrogens is 4. The van der Waals surface area contributed by atoms with Crippen molar-refractivity contribution in [2.45, 2.75) is 57.8 Å². The van der Waals surface area contributed by atoms with Crippen LogP contribution in [-0.4, -0.2) is 82.7 Å². The van der Waals surface area contributed by atoms with Gasteiger partial charge >= 0.3 is 6.03 Å². The molecule has 1 atom stereocenters. The Bertz CT molecular complexity index is 1610. The molecule has 0 aliphatic carbocycles. The van der Waals surface area contributed by atoms with Gasteiger partial charge in [-0.1, -0.05) is 0 Å². The number of aryl methyl sites for hydroxylation is 2. The number of piperidine rings is 1. The van der Waals surface area contributed by atoms with E-state index in [0.29, 0.717) is 51.0 Å². The Kier molecular flexibility index (Phi) is 7.50. The van der Waals surface area contributed by atoms with Crippen LogP contribution in [0.3, 0.4) is 0 Å². The third-order valence-electron chi connectivity index (χ3n) is 8.87. The number of nitrogens with zero attached hydrogens (tertiary/aromatic N) is 7. The van der Waals surface area contributed by atoms with Crippen LogP contribution in [0.2, 0.25) is 0 Å². The Morgan fingerprint density at radius 2 is 1.90 bits per heavy atom. The van der Waals surface area contributed by atoms with Gasteiger partial charge in [-0.05, 0) is 61.4 Å². The Morgan fingerprint density at radius 3 is 2.55 bits per heavy atom. The summed E-state index contributed by atoms with van der Waals surface area (Å²) in [7, 11) is 0.254. The quantitative estimate of drug-likeness (QED) is 0.480. The molecule has 1 unspecified atom stereocenters. The first kappa shape index (κ1) is 28.7. The molecule has 1 fully saturated rings. The number of sulfonamides is 1. The van der Waals surface area contributed by atoms with E-state index < -0.39 is 16.2 Å². The Labute approximate surface area is 246 Å². The van der Waals surface area contributed by atoms with Crippen LogP contribution < -0.4 is 10.2 Å². The molecule has 2 amide bonds. The summed E-state index contributed by atoms with van der Waals surface area (Å²) in [6.45, 7) is 4.22. The molecule has 1 aromatic carbocycles. The zero-order chi connectivity index (χ0) is 29.8. The van der Waals surface area contributed by atoms with Crippen LogP contribution in [0.5, 0.6) is 0 Å². The summed E-state index contributed by atoms with van der Waals surface area (Å²) in [6, 6.07) is 4.01. The summed E-state index contributed by atoms with van der Waals surface area (Å²) >= 11 is 0. The molecule has 1 N–H and O–H groups in total. The predicted octanol–water partition coefficient (Wildman–Crippen LogP) is 3.69. The zero-order valence-corrected chi connectivity index (χ0v) is 25.5. The highest BCUT2D eigenvalue weighted by atomic mass is 32.2. The van der Waals surface area contributed by atoms with E-state index >= 15 is 4.39 Å². The van der Waals surface area contributed by atoms with Crippen LogP contribution >= 0.6 is 0 Å². The van der Waals surface area contributed by atoms with E-state index in [1.54, 1.807) is 29.7 Å². The van der Waals surface area contributed by atoms with Gasteiger partial charge in [0.25, 0.3) is 0 Å². The second-order valence-corrected chi connectivity index (χ2v) is 13.6. The molecule has 42 heavy (non-hydrogen) atoms. The van der Waals surface area contributed by atoms with E-state index in [1.165, 1.54) is 10.6 Å². The van der Waals surface area contributed by atoms with Gasteiger partial charge in [-0.2, -0.15) is 10.2 Å². The Balaban J connectivity index is 1.43. The third kappa shape index (κ3) is 5.17. The van der Waals surface area contributed by atoms with Crippen LogP contribution in [0.1, 0.15) is 60.8 Å². The first-order valence-electron chi connectivity index (χ1n) is 14.6. The number of rotatable bonds is 5. The van der Waals surface area contributed by atoms with E-state index in [0.717, 1.165) is 58.8 Å². The number of nitrogens with one attached hydrogen (secondary N) is 1. The molecular weight excluding hydrogens is 559 g/mol. The van der Waals surface area contributed by atoms with Crippen molar-refractivity contribution < 1.29 is 17.6 Å². The fourth-order valence-electron chi connectivity index (χ4n) is 6.71. The van der Waals surface area contributed by atoms with Gasteiger partial charge in [-0.3, -0.25) is 9.36 Å². The SMILES string of the molecule is CNC(=O)N1CCc2c(c(N3CCCc4cc(-c5cnn(C)c5)c(C(C)F)cc43)nn2C2CCN(S(C)(=O)=O)CC2)C1. The molecule has 3 aliphatic heterocycles. The molecule has 0 saturated carbocycles. The van der Waals surface area contributed by atoms with Crippen LogP contribution in [-0.2, 0) is 36.5 Å². The molecule has 5 heterocycles. The second kappa shape index (κ2) is 11.0. The topological polar surface area (TPSA) is 109 Å². The lowest BCUT2D eigenvalue weighted by Gasteiger charge is -2.33. The van der Waals surface area contributed by atoms with Crippen molar-refractivity contribution in [1.82, 2.24) is 34.1 Å². The van der Waals surface area contributed by atoms with Gasteiger partial charge in [-0.25, -0.2) is 21.9 Å². The van der Waals surface area contributed by atoms with Crippen molar-refractivity contribution in [2.75, 3.05) is 44.4 Å². The Morgan fingerprint density at radius 1 is 1.14 bits per heavy atom. The van der Waals surface area contributed by atoms with Crippen molar-refractivity contribution in [3.8, 4) is 11.1 Å². The first-order valence-corrected chi connectivity index (χ1v) is 16.5. The summed E-state index contributed by atoms with van der Waals surface area (Å²) in [5, 5.41) is 12.3. The number of alkyl halides is 1. The van der Waals surface area contributed by atoms with Gasteiger partial charge in [-0.15, -0.1) is 0 Å². The number of carbonyl (C=O) groups excluding carboxylic acids is 1. The fourth-order valence-corrected chi connectivity index (χ4v) is 7.58. The highest BCUT2D eigenvalue weighted by Gasteiger charge is 2.35. The Hall–Kier alpha value is -3.45. The van der Waals surface area contributed by atoms with Crippen LogP contribution in [0, 0.1) is 0 Å². The maximum atomic E-state index is 15.1. The van der Waals surface area contributed by atoms with E-state index in [9.17, 15) is 13.2 Å². The number of amides is 2. The zero-order valence-electron chi connectivity index (χ0n) is 24.7. The number of halogens is 1. The van der Waals surface area contributed by atoms with Gasteiger partial charge < -0.3 is 15.1 Å². The summed E-state index contributed by atoms with van der Waals surface area (Å²) in [6.07, 6.45) is 7.56. The molecule has 6 rings (SSSR count). The number of fused-ring (bicyclic) bond motifs is 2. The lowest BCUT2D eigenvalue weighted by atomic mass is 9.91. The number of carbonyl (C=O) groups is 1. The number of anilines is 2. The van der Waals surface area contributed by atoms with Crippen LogP contribution in [0.25, 0.3) is 11.1 Å². The molecule has 226 valence electrons. The monoisotopic (exact) mass is 598 g/mol. The average molecular weight is 599 g/mol. The lowest BCUT2D eigenvalue weighted by Crippen LogP contribution is -2.42. The van der Waals surface area contributed by atoms with E-state index in [2.05, 4.69) is 26.1 Å². The smallest absolute Gasteiger partial charge is 0.317 e. The molecular formula is C29H39FN8O3S. The number of benzene rings is 1. The predicted molar refractivity (Wildman–Crippen MR) is 159 cm³/mol. The van der Waals surface area contributed by atoms with Crippen molar-refractivity contribution in [3.05, 3.63) is 46.9 Å². The summed E-state index contributed by atoms with van der Waals surface area (Å²) in [4.78, 5) is 16.7. The number of urea groups is 1. The van der Waals surface area contributed by atoms with E-state index in [4.69, 9.17) is 5.10 Å². The summed E-state index contributed by atoms with van der Waals surface area (Å²) < 4.78 is 44.8. The maximum absolute atomic E-state index is 15.1. The van der Waals surface area contributed by atoms with Crippen molar-refractivity contribution in [3.63, 3.8) is 0 Å². The van der Waals surface area contributed by atoms with Gasteiger partial charge in [0.05, 0.1) is 25.0 Å². The molecule has 0 radical (unpaired) electrons. The van der Waals surface area contributed by atoms with Crippen LogP contribution in [0.15, 0.2) is 24.5 Å². The molecule has 3 aromatic rings. The van der Waals surface area contributed by atoms with E-state index in [1.807, 2.05) is 19.3 Å². The van der Waals surface area contributed by atoms with Crippen molar-refractivity contribution >= 4 is 27.6 Å². The van der Waals surface area contributed by atoms with Gasteiger partial charge in [0, 0.05) is 75.4 Å². The number of hydrogen-bond donors (Lipinski definition) is 1. The minimum Gasteiger partial charge on any atom is -0.341 e. The molecule has 0 spiro atoms. The lowest BCUT2D eigenvalue weighted by molar-refractivity contribution is 0.193. The van der Waals surface area contributed by atoms with Gasteiger partial charge in [0.15, 0.2) is 5.82 Å². The summed E-state index contributed by atoms with van der Waals surface area (Å²) in [5.74, 6) is 0.802. The molecule has 3 aliphatic rings. The molecule has 1 saturated heterocycles. The van der Waals surface area contributed by atoms with E-state index in [-0.39, 0.29) is 12.1 Å². The molecule has 13 heteroatoms. The van der Waals surface area contributed by atoms with Gasteiger partial charge in [0.2, 0.25) is 10.0 Å². The normalized spacial score (nSPS) is 19.0. The first-order chi connectivity index (χ1) is 20.0. The summed E-state index contributed by atoms with van der Waals surface area (Å²) in [5.41, 5.74) is 6.55. The molecule has 0 bridgehead atoms. The second-order valence-electron chi connectivity index (χ2n) is 11.7. The fraction of sp³-hybridized carbons (Fsp3) is 0.552. The molecule has 2 aromatic heterocycles. The van der Waals surface area contributed by atoms with Gasteiger partial charge in [0.1, 0.15) is 6.17 Å². The maximum Gasteiger partial charge on any atom is 0.317 e. The van der Waals surface area contributed by atoms with Crippen LogP contribution in [0.4, 0.5) is 20.7 Å². The largest absolute Gasteiger partial charge is 0.341 e.